The molecule has 1 saturated heterocycles. The van der Waals surface area contributed by atoms with Crippen LogP contribution in [0.1, 0.15) is 19.4 Å². The molecule has 2 N–H and O–H groups in total. The lowest BCUT2D eigenvalue weighted by Crippen LogP contribution is -2.62. The van der Waals surface area contributed by atoms with Gasteiger partial charge in [0.15, 0.2) is 0 Å². The summed E-state index contributed by atoms with van der Waals surface area (Å²) in [6.07, 6.45) is 2.54. The molecule has 0 atom stereocenters. The van der Waals surface area contributed by atoms with E-state index in [9.17, 15) is 9.59 Å². The Hall–Kier alpha value is -2.01. The molecule has 0 spiro atoms. The number of nitrogens with one attached hydrogen (secondary N) is 1. The zero-order valence-corrected chi connectivity index (χ0v) is 12.6. The molecule has 1 aromatic carbocycles. The average Bonchev–Trinajstić information content (AvgIpc) is 2.40. The molecule has 1 fully saturated rings. The molecule has 0 radical (unpaired) electrons. The topological polar surface area (TPSA) is 69.6 Å². The predicted molar refractivity (Wildman–Crippen MR) is 82.6 cm³/mol. The molecule has 112 valence electrons. The summed E-state index contributed by atoms with van der Waals surface area (Å²) in [7, 11) is 0. The van der Waals surface area contributed by atoms with Crippen molar-refractivity contribution in [3.63, 3.8) is 0 Å². The number of carbonyl (C=O) groups is 2. The quantitative estimate of drug-likeness (QED) is 0.840. The molecule has 0 aromatic heterocycles. The zero-order chi connectivity index (χ0) is 15.6. The summed E-state index contributed by atoms with van der Waals surface area (Å²) >= 11 is 6.30. The Morgan fingerprint density at radius 3 is 2.81 bits per heavy atom. The lowest BCUT2D eigenvalue weighted by atomic mass is 9.97. The number of piperazine rings is 1. The average molecular weight is 309 g/mol. The second-order valence-corrected chi connectivity index (χ2v) is 5.76. The highest BCUT2D eigenvalue weighted by Gasteiger charge is 2.38. The van der Waals surface area contributed by atoms with Crippen LogP contribution in [-0.4, -0.2) is 35.6 Å². The van der Waals surface area contributed by atoms with Crippen molar-refractivity contribution >= 4 is 35.2 Å². The molecular formula is C15H17ClN2O3. The van der Waals surface area contributed by atoms with Crippen LogP contribution in [0.15, 0.2) is 24.3 Å². The highest BCUT2D eigenvalue weighted by molar-refractivity contribution is 6.33. The summed E-state index contributed by atoms with van der Waals surface area (Å²) in [4.78, 5) is 24.5. The third kappa shape index (κ3) is 3.19. The molecule has 0 aliphatic carbocycles. The molecule has 0 saturated carbocycles. The Bertz CT molecular complexity index is 611. The number of hydrogen-bond acceptors (Lipinski definition) is 3. The molecule has 6 heteroatoms. The first-order valence-corrected chi connectivity index (χ1v) is 6.96. The fourth-order valence-electron chi connectivity index (χ4n) is 2.33. The number of anilines is 1. The van der Waals surface area contributed by atoms with Crippen LogP contribution < -0.4 is 10.2 Å². The highest BCUT2D eigenvalue weighted by atomic mass is 35.5. The van der Waals surface area contributed by atoms with Crippen LogP contribution in [0.3, 0.4) is 0 Å². The van der Waals surface area contributed by atoms with Gasteiger partial charge in [0.25, 0.3) is 0 Å². The Labute approximate surface area is 128 Å². The number of amides is 1. The number of halogens is 1. The molecule has 5 nitrogen and oxygen atoms in total. The smallest absolute Gasteiger partial charge is 0.328 e. The van der Waals surface area contributed by atoms with Crippen LogP contribution >= 0.6 is 11.6 Å². The Morgan fingerprint density at radius 1 is 1.48 bits per heavy atom. The van der Waals surface area contributed by atoms with Gasteiger partial charge in [-0.05, 0) is 37.6 Å². The Morgan fingerprint density at radius 2 is 2.19 bits per heavy atom. The van der Waals surface area contributed by atoms with Crippen LogP contribution in [0, 0.1) is 0 Å². The van der Waals surface area contributed by atoms with Gasteiger partial charge in [-0.25, -0.2) is 4.79 Å². The van der Waals surface area contributed by atoms with Crippen molar-refractivity contribution in [2.75, 3.05) is 18.0 Å². The molecule has 1 aliphatic rings. The SMILES string of the molecule is CC1(C)C(=O)NCCN1c1ccc(/C=C/C(=O)O)cc1Cl. The van der Waals surface area contributed by atoms with Gasteiger partial charge in [0.05, 0.1) is 10.7 Å². The predicted octanol–water partition coefficient (Wildman–Crippen LogP) is 2.15. The summed E-state index contributed by atoms with van der Waals surface area (Å²) in [5.74, 6) is -1.05. The monoisotopic (exact) mass is 308 g/mol. The molecule has 1 aliphatic heterocycles. The largest absolute Gasteiger partial charge is 0.478 e. The second-order valence-electron chi connectivity index (χ2n) is 5.35. The molecule has 0 bridgehead atoms. The van der Waals surface area contributed by atoms with Crippen molar-refractivity contribution in [2.24, 2.45) is 0 Å². The van der Waals surface area contributed by atoms with E-state index in [0.717, 1.165) is 11.8 Å². The van der Waals surface area contributed by atoms with Crippen LogP contribution in [-0.2, 0) is 9.59 Å². The van der Waals surface area contributed by atoms with Gasteiger partial charge in [0.1, 0.15) is 5.54 Å². The van der Waals surface area contributed by atoms with Gasteiger partial charge in [-0.1, -0.05) is 17.7 Å². The second kappa shape index (κ2) is 5.77. The van der Waals surface area contributed by atoms with Crippen LogP contribution in [0.2, 0.25) is 5.02 Å². The normalized spacial score (nSPS) is 17.9. The van der Waals surface area contributed by atoms with E-state index in [1.54, 1.807) is 12.1 Å². The van der Waals surface area contributed by atoms with E-state index < -0.39 is 11.5 Å². The van der Waals surface area contributed by atoms with E-state index in [4.69, 9.17) is 16.7 Å². The molecule has 1 heterocycles. The van der Waals surface area contributed by atoms with Crippen molar-refractivity contribution in [1.29, 1.82) is 0 Å². The molecular weight excluding hydrogens is 292 g/mol. The molecule has 1 aromatic rings. The van der Waals surface area contributed by atoms with E-state index >= 15 is 0 Å². The van der Waals surface area contributed by atoms with Gasteiger partial charge < -0.3 is 15.3 Å². The fourth-order valence-corrected chi connectivity index (χ4v) is 2.63. The van der Waals surface area contributed by atoms with E-state index in [0.29, 0.717) is 23.7 Å². The van der Waals surface area contributed by atoms with Gasteiger partial charge in [0, 0.05) is 19.2 Å². The number of hydrogen-bond donors (Lipinski definition) is 2. The lowest BCUT2D eigenvalue weighted by molar-refractivity contribution is -0.131. The first kappa shape index (κ1) is 15.4. The van der Waals surface area contributed by atoms with Crippen molar-refractivity contribution in [3.8, 4) is 0 Å². The van der Waals surface area contributed by atoms with E-state index in [-0.39, 0.29) is 5.91 Å². The van der Waals surface area contributed by atoms with Crippen molar-refractivity contribution in [2.45, 2.75) is 19.4 Å². The number of benzene rings is 1. The van der Waals surface area contributed by atoms with Crippen LogP contribution in [0.5, 0.6) is 0 Å². The number of rotatable bonds is 3. The summed E-state index contributed by atoms with van der Waals surface area (Å²) < 4.78 is 0. The summed E-state index contributed by atoms with van der Waals surface area (Å²) in [6.45, 7) is 4.92. The molecule has 2 rings (SSSR count). The maximum Gasteiger partial charge on any atom is 0.328 e. The lowest BCUT2D eigenvalue weighted by Gasteiger charge is -2.43. The molecule has 21 heavy (non-hydrogen) atoms. The fraction of sp³-hybridized carbons (Fsp3) is 0.333. The summed E-state index contributed by atoms with van der Waals surface area (Å²) in [5, 5.41) is 12.0. The third-order valence-electron chi connectivity index (χ3n) is 3.53. The minimum absolute atomic E-state index is 0.0420. The van der Waals surface area contributed by atoms with Crippen molar-refractivity contribution in [3.05, 3.63) is 34.9 Å². The van der Waals surface area contributed by atoms with E-state index in [2.05, 4.69) is 5.32 Å². The van der Waals surface area contributed by atoms with Gasteiger partial charge in [-0.3, -0.25) is 4.79 Å². The van der Waals surface area contributed by atoms with E-state index in [1.807, 2.05) is 24.8 Å². The summed E-state index contributed by atoms with van der Waals surface area (Å²) in [6, 6.07) is 5.28. The first-order valence-electron chi connectivity index (χ1n) is 6.59. The Balaban J connectivity index is 2.32. The van der Waals surface area contributed by atoms with Crippen LogP contribution in [0.25, 0.3) is 6.08 Å². The van der Waals surface area contributed by atoms with Gasteiger partial charge in [0.2, 0.25) is 5.91 Å². The van der Waals surface area contributed by atoms with Gasteiger partial charge in [-0.15, -0.1) is 0 Å². The van der Waals surface area contributed by atoms with Gasteiger partial charge in [-0.2, -0.15) is 0 Å². The minimum atomic E-state index is -1.01. The number of carboxylic acid groups (broad SMARTS) is 1. The van der Waals surface area contributed by atoms with Crippen molar-refractivity contribution < 1.29 is 14.7 Å². The van der Waals surface area contributed by atoms with Gasteiger partial charge >= 0.3 is 5.97 Å². The highest BCUT2D eigenvalue weighted by Crippen LogP contribution is 2.33. The third-order valence-corrected chi connectivity index (χ3v) is 3.84. The maximum absolute atomic E-state index is 12.0. The number of aliphatic carboxylic acids is 1. The first-order chi connectivity index (χ1) is 9.82. The molecule has 1 amide bonds. The van der Waals surface area contributed by atoms with Crippen molar-refractivity contribution in [1.82, 2.24) is 5.32 Å². The maximum atomic E-state index is 12.0. The van der Waals surface area contributed by atoms with Crippen LogP contribution in [0.4, 0.5) is 5.69 Å². The minimum Gasteiger partial charge on any atom is -0.478 e. The Kier molecular flexibility index (Phi) is 4.23. The molecule has 0 unspecified atom stereocenters. The number of carbonyl (C=O) groups excluding carboxylic acids is 1. The number of carboxylic acids is 1. The van der Waals surface area contributed by atoms with E-state index in [1.165, 1.54) is 6.08 Å². The number of nitrogens with zero attached hydrogens (tertiary/aromatic N) is 1. The zero-order valence-electron chi connectivity index (χ0n) is 11.9. The summed E-state index contributed by atoms with van der Waals surface area (Å²) in [5.41, 5.74) is 0.787. The standard InChI is InChI=1S/C15H17ClN2O3/c1-15(2)14(21)17-7-8-18(15)12-5-3-10(9-11(12)16)4-6-13(19)20/h3-6,9H,7-8H2,1-2H3,(H,17,21)(H,19,20)/b6-4+.